The van der Waals surface area contributed by atoms with Gasteiger partial charge in [0.25, 0.3) is 11.8 Å². The molecule has 0 saturated carbocycles. The van der Waals surface area contributed by atoms with Crippen LogP contribution in [-0.2, 0) is 61.8 Å². The first-order valence-electron chi connectivity index (χ1n) is 19.9. The highest BCUT2D eigenvalue weighted by Gasteiger charge is 2.45. The average Bonchev–Trinajstić information content (AvgIpc) is 3.47. The van der Waals surface area contributed by atoms with Crippen molar-refractivity contribution < 1.29 is 71.3 Å². The number of imide groups is 2. The van der Waals surface area contributed by atoms with E-state index in [9.17, 15) is 24.0 Å². The van der Waals surface area contributed by atoms with Crippen LogP contribution in [-0.4, -0.2) is 178 Å². The van der Waals surface area contributed by atoms with E-state index in [1.54, 1.807) is 12.1 Å². The van der Waals surface area contributed by atoms with Gasteiger partial charge in [-0.15, -0.1) is 0 Å². The lowest BCUT2D eigenvalue weighted by molar-refractivity contribution is -0.136. The van der Waals surface area contributed by atoms with Crippen molar-refractivity contribution in [3.63, 3.8) is 0 Å². The fourth-order valence-corrected chi connectivity index (χ4v) is 5.86. The van der Waals surface area contributed by atoms with Crippen molar-refractivity contribution in [2.45, 2.75) is 44.6 Å². The molecule has 1 aromatic rings. The van der Waals surface area contributed by atoms with Gasteiger partial charge in [-0.2, -0.15) is 0 Å². The number of rotatable bonds is 37. The highest BCUT2D eigenvalue weighted by Crippen LogP contribution is 2.32. The molecule has 0 spiro atoms. The topological polar surface area (TPSA) is 205 Å². The number of ether oxygens (including phenoxy) is 10. The Kier molecular flexibility index (Phi) is 27.2. The number of hydrogen-bond donors (Lipinski definition) is 2. The van der Waals surface area contributed by atoms with E-state index >= 15 is 0 Å². The molecule has 328 valence electrons. The summed E-state index contributed by atoms with van der Waals surface area (Å²) in [6.07, 6.45) is 2.45. The fraction of sp³-hybridized carbons (Fsp3) is 0.718. The summed E-state index contributed by atoms with van der Waals surface area (Å²) in [6, 6.07) is 3.53. The maximum atomic E-state index is 13.2. The minimum atomic E-state index is -1.07. The van der Waals surface area contributed by atoms with Crippen LogP contribution in [0.1, 0.15) is 59.2 Å². The summed E-state index contributed by atoms with van der Waals surface area (Å²) in [5.41, 5.74) is 0.383. The third-order valence-corrected chi connectivity index (χ3v) is 8.83. The molecule has 1 unspecified atom stereocenters. The van der Waals surface area contributed by atoms with Crippen molar-refractivity contribution in [1.82, 2.24) is 10.2 Å². The number of carbonyl (C=O) groups is 5. The number of piperidine rings is 1. The molecule has 58 heavy (non-hydrogen) atoms. The maximum absolute atomic E-state index is 13.2. The van der Waals surface area contributed by atoms with E-state index in [4.69, 9.17) is 47.4 Å². The molecular weight excluding hydrogens is 830 g/mol. The van der Waals surface area contributed by atoms with Crippen LogP contribution in [0.25, 0.3) is 0 Å². The van der Waals surface area contributed by atoms with Crippen LogP contribution < -0.4 is 10.6 Å². The number of fused-ring (bicyclic) bond motifs is 1. The number of hydrogen-bond acceptors (Lipinski definition) is 15. The fourth-order valence-electron chi connectivity index (χ4n) is 5.63. The van der Waals surface area contributed by atoms with Gasteiger partial charge in [-0.3, -0.25) is 34.2 Å². The van der Waals surface area contributed by atoms with Crippen LogP contribution in [0.5, 0.6) is 0 Å². The van der Waals surface area contributed by atoms with E-state index in [2.05, 4.69) is 26.6 Å². The number of anilines is 1. The maximum Gasteiger partial charge on any atom is 0.264 e. The lowest BCUT2D eigenvalue weighted by Gasteiger charge is -2.27. The van der Waals surface area contributed by atoms with Crippen LogP contribution in [0.3, 0.4) is 0 Å². The van der Waals surface area contributed by atoms with Gasteiger partial charge in [-0.1, -0.05) is 28.4 Å². The molecule has 2 heterocycles. The van der Waals surface area contributed by atoms with Gasteiger partial charge >= 0.3 is 0 Å². The van der Waals surface area contributed by atoms with Gasteiger partial charge in [0.05, 0.1) is 142 Å². The number of benzene rings is 1. The Labute approximate surface area is 348 Å². The van der Waals surface area contributed by atoms with Crippen molar-refractivity contribution in [1.29, 1.82) is 0 Å². The molecule has 1 atom stereocenters. The Hall–Kier alpha value is -2.95. The van der Waals surface area contributed by atoms with E-state index in [0.29, 0.717) is 139 Å². The van der Waals surface area contributed by atoms with Crippen LogP contribution >= 0.6 is 15.9 Å². The van der Waals surface area contributed by atoms with E-state index in [1.807, 2.05) is 0 Å². The van der Waals surface area contributed by atoms with Crippen LogP contribution in [0.15, 0.2) is 18.2 Å². The largest absolute Gasteiger partial charge is 0.379 e. The third-order valence-electron chi connectivity index (χ3n) is 8.50. The van der Waals surface area contributed by atoms with Gasteiger partial charge < -0.3 is 52.7 Å². The summed E-state index contributed by atoms with van der Waals surface area (Å²) in [6.45, 7) is 10.1. The molecule has 1 aromatic carbocycles. The second-order valence-electron chi connectivity index (χ2n) is 12.8. The van der Waals surface area contributed by atoms with Gasteiger partial charge in [0.1, 0.15) is 6.04 Å². The van der Waals surface area contributed by atoms with Gasteiger partial charge in [0, 0.05) is 24.8 Å². The van der Waals surface area contributed by atoms with Crippen molar-refractivity contribution in [2.75, 3.05) is 143 Å². The molecule has 18 nitrogen and oxygen atoms in total. The quantitative estimate of drug-likeness (QED) is 0.0558. The molecule has 0 aromatic heterocycles. The number of nitrogens with one attached hydrogen (secondary N) is 2. The zero-order valence-electron chi connectivity index (χ0n) is 33.4. The van der Waals surface area contributed by atoms with Gasteiger partial charge in [-0.25, -0.2) is 0 Å². The molecule has 1 fully saturated rings. The van der Waals surface area contributed by atoms with Crippen molar-refractivity contribution in [3.8, 4) is 0 Å². The summed E-state index contributed by atoms with van der Waals surface area (Å²) >= 11 is 3.30. The second-order valence-corrected chi connectivity index (χ2v) is 13.6. The number of nitrogens with zero attached hydrogens (tertiary/aromatic N) is 1. The summed E-state index contributed by atoms with van der Waals surface area (Å²) in [4.78, 5) is 63.5. The molecule has 0 bridgehead atoms. The lowest BCUT2D eigenvalue weighted by Crippen LogP contribution is -2.54. The highest BCUT2D eigenvalue weighted by atomic mass is 79.9. The standard InChI is InChI=1S/C39H60BrN3O15/c40-10-12-50-14-16-52-18-20-54-22-24-56-26-28-58-30-29-57-27-25-55-23-21-53-19-17-51-15-13-49-11-3-1-2-7-34(44)41-32-6-4-5-31-36(32)39(48)43(38(31)47)33-8-9-35(45)42-37(33)46/h4-6,33H,1-3,7-30H2,(H,41,44)(H,42,45,46). The summed E-state index contributed by atoms with van der Waals surface area (Å²) in [5, 5.41) is 5.73. The van der Waals surface area contributed by atoms with E-state index in [1.165, 1.54) is 6.07 Å². The third kappa shape index (κ3) is 20.3. The lowest BCUT2D eigenvalue weighted by atomic mass is 10.0. The van der Waals surface area contributed by atoms with Crippen LogP contribution in [0.2, 0.25) is 0 Å². The molecule has 1 saturated heterocycles. The van der Waals surface area contributed by atoms with Gasteiger partial charge in [0.2, 0.25) is 17.7 Å². The smallest absolute Gasteiger partial charge is 0.264 e. The number of carbonyl (C=O) groups excluding carboxylic acids is 5. The first-order chi connectivity index (χ1) is 28.4. The first kappa shape index (κ1) is 49.4. The Morgan fingerprint density at radius 1 is 0.603 bits per heavy atom. The number of unbranched alkanes of at least 4 members (excludes halogenated alkanes) is 2. The normalized spacial score (nSPS) is 15.3. The molecule has 0 radical (unpaired) electrons. The molecule has 2 aliphatic rings. The van der Waals surface area contributed by atoms with Crippen molar-refractivity contribution >= 4 is 51.2 Å². The number of halogens is 1. The SMILES string of the molecule is O=C1CCC(N2C(=O)c3cccc(NC(=O)CCCCCOCCOCCOCCOCCOCCOCCOCCOCCOCCOCCBr)c3C2=O)C(=O)N1. The Bertz CT molecular complexity index is 1360. The average molecular weight is 891 g/mol. The molecule has 5 amide bonds. The van der Waals surface area contributed by atoms with E-state index < -0.39 is 29.7 Å². The first-order valence-corrected chi connectivity index (χ1v) is 21.0. The highest BCUT2D eigenvalue weighted by molar-refractivity contribution is 9.09. The number of amides is 5. The molecule has 0 aliphatic carbocycles. The molecule has 3 rings (SSSR count). The summed E-state index contributed by atoms with van der Waals surface area (Å²) in [7, 11) is 0. The predicted octanol–water partition coefficient (Wildman–Crippen LogP) is 2.15. The predicted molar refractivity (Wildman–Crippen MR) is 212 cm³/mol. The molecular formula is C39H60BrN3O15. The van der Waals surface area contributed by atoms with Crippen molar-refractivity contribution in [3.05, 3.63) is 29.3 Å². The van der Waals surface area contributed by atoms with E-state index in [0.717, 1.165) is 23.1 Å². The minimum absolute atomic E-state index is 0.0284. The monoisotopic (exact) mass is 889 g/mol. The number of alkyl halides is 1. The summed E-state index contributed by atoms with van der Waals surface area (Å²) in [5.74, 6) is -2.71. The van der Waals surface area contributed by atoms with Crippen LogP contribution in [0, 0.1) is 0 Å². The Morgan fingerprint density at radius 2 is 1.05 bits per heavy atom. The van der Waals surface area contributed by atoms with E-state index in [-0.39, 0.29) is 42.0 Å². The minimum Gasteiger partial charge on any atom is -0.379 e. The van der Waals surface area contributed by atoms with Gasteiger partial charge in [-0.05, 0) is 31.4 Å². The van der Waals surface area contributed by atoms with Gasteiger partial charge in [0.15, 0.2) is 0 Å². The van der Waals surface area contributed by atoms with Crippen molar-refractivity contribution in [2.24, 2.45) is 0 Å². The Morgan fingerprint density at radius 3 is 1.50 bits per heavy atom. The molecule has 2 N–H and O–H groups in total. The zero-order valence-corrected chi connectivity index (χ0v) is 34.9. The second kappa shape index (κ2) is 31.9. The Balaban J connectivity index is 1.02. The molecule has 2 aliphatic heterocycles. The molecule has 19 heteroatoms. The zero-order chi connectivity index (χ0) is 41.5. The van der Waals surface area contributed by atoms with Crippen LogP contribution in [0.4, 0.5) is 5.69 Å². The summed E-state index contributed by atoms with van der Waals surface area (Å²) < 4.78 is 54.6.